The molecule has 8 nitrogen and oxygen atoms in total. The summed E-state index contributed by atoms with van der Waals surface area (Å²) in [5.41, 5.74) is 1.27. The fourth-order valence-corrected chi connectivity index (χ4v) is 6.82. The molecule has 2 aliphatic rings. The minimum Gasteiger partial charge on any atom is -0.454 e. The van der Waals surface area contributed by atoms with Crippen molar-refractivity contribution in [3.63, 3.8) is 0 Å². The topological polar surface area (TPSA) is 90.2 Å². The van der Waals surface area contributed by atoms with Crippen molar-refractivity contribution in [3.05, 3.63) is 46.8 Å². The van der Waals surface area contributed by atoms with Gasteiger partial charge in [0.05, 0.1) is 15.1 Å². The van der Waals surface area contributed by atoms with E-state index >= 15 is 0 Å². The largest absolute Gasteiger partial charge is 0.454 e. The van der Waals surface area contributed by atoms with Crippen molar-refractivity contribution < 1.29 is 22.7 Å². The predicted molar refractivity (Wildman–Crippen MR) is 125 cm³/mol. The first-order valence-electron chi connectivity index (χ1n) is 11.1. The molecule has 0 atom stereocenters. The van der Waals surface area contributed by atoms with E-state index in [0.29, 0.717) is 41.5 Å². The molecule has 1 saturated heterocycles. The summed E-state index contributed by atoms with van der Waals surface area (Å²) in [5.74, 6) is 0.954. The zero-order valence-electron chi connectivity index (χ0n) is 18.3. The van der Waals surface area contributed by atoms with Gasteiger partial charge in [-0.1, -0.05) is 24.2 Å². The monoisotopic (exact) mass is 487 g/mol. The van der Waals surface area contributed by atoms with Crippen LogP contribution in [0, 0.1) is 0 Å². The number of hydrogen-bond acceptors (Lipinski definition) is 6. The molecule has 0 unspecified atom stereocenters. The van der Waals surface area contributed by atoms with Gasteiger partial charge in [-0.3, -0.25) is 4.79 Å². The first-order chi connectivity index (χ1) is 16.0. The summed E-state index contributed by atoms with van der Waals surface area (Å²) in [6, 6.07) is 9.89. The van der Waals surface area contributed by atoms with Crippen LogP contribution < -0.4 is 14.3 Å². The van der Waals surface area contributed by atoms with Gasteiger partial charge >= 0.3 is 0 Å². The zero-order valence-corrected chi connectivity index (χ0v) is 20.0. The van der Waals surface area contributed by atoms with Crippen molar-refractivity contribution in [1.29, 1.82) is 0 Å². The van der Waals surface area contributed by atoms with E-state index in [1.54, 1.807) is 4.31 Å². The van der Waals surface area contributed by atoms with Crippen molar-refractivity contribution in [2.24, 2.45) is 4.99 Å². The van der Waals surface area contributed by atoms with E-state index in [2.05, 4.69) is 4.99 Å². The molecule has 33 heavy (non-hydrogen) atoms. The Bertz CT molecular complexity index is 1370. The van der Waals surface area contributed by atoms with Crippen molar-refractivity contribution in [2.45, 2.75) is 44.0 Å². The number of nitrogens with zero attached hydrogens (tertiary/aromatic N) is 3. The number of carbonyl (C=O) groups is 1. The highest BCUT2D eigenvalue weighted by Crippen LogP contribution is 2.37. The molecule has 0 spiro atoms. The molecule has 3 aromatic rings. The highest BCUT2D eigenvalue weighted by Gasteiger charge is 2.25. The van der Waals surface area contributed by atoms with Crippen molar-refractivity contribution in [2.75, 3.05) is 19.9 Å². The number of benzene rings is 2. The van der Waals surface area contributed by atoms with Gasteiger partial charge in [0.15, 0.2) is 16.3 Å². The Kier molecular flexibility index (Phi) is 5.98. The lowest BCUT2D eigenvalue weighted by Gasteiger charge is -2.19. The lowest BCUT2D eigenvalue weighted by atomic mass is 10.2. The molecule has 10 heteroatoms. The van der Waals surface area contributed by atoms with Crippen LogP contribution in [-0.4, -0.2) is 43.1 Å². The third-order valence-corrected chi connectivity index (χ3v) is 8.95. The minimum atomic E-state index is -3.55. The fourth-order valence-electron chi connectivity index (χ4n) is 4.20. The van der Waals surface area contributed by atoms with Gasteiger partial charge in [-0.2, -0.15) is 9.30 Å². The molecule has 0 radical (unpaired) electrons. The highest BCUT2D eigenvalue weighted by molar-refractivity contribution is 7.89. The zero-order chi connectivity index (χ0) is 23.0. The van der Waals surface area contributed by atoms with Crippen molar-refractivity contribution in [3.8, 4) is 11.5 Å². The van der Waals surface area contributed by atoms with Crippen molar-refractivity contribution >= 4 is 37.5 Å². The first-order valence-corrected chi connectivity index (χ1v) is 13.4. The van der Waals surface area contributed by atoms with E-state index in [0.717, 1.165) is 35.9 Å². The molecule has 174 valence electrons. The average molecular weight is 488 g/mol. The Balaban J connectivity index is 1.44. The highest BCUT2D eigenvalue weighted by atomic mass is 32.2. The Labute approximate surface area is 196 Å². The second kappa shape index (κ2) is 8.92. The van der Waals surface area contributed by atoms with Gasteiger partial charge in [0.1, 0.15) is 0 Å². The maximum Gasteiger partial charge on any atom is 0.279 e. The number of amides is 1. The number of carbonyl (C=O) groups excluding carboxylic acids is 1. The number of hydrogen-bond donors (Lipinski definition) is 0. The lowest BCUT2D eigenvalue weighted by Crippen LogP contribution is -2.31. The summed E-state index contributed by atoms with van der Waals surface area (Å²) in [6.45, 7) is 3.92. The molecule has 0 aliphatic carbocycles. The normalized spacial score (nSPS) is 17.4. The maximum atomic E-state index is 13.0. The Morgan fingerprint density at radius 3 is 2.36 bits per heavy atom. The fraction of sp³-hybridized carbons (Fsp3) is 0.391. The molecular weight excluding hydrogens is 462 g/mol. The van der Waals surface area contributed by atoms with Crippen LogP contribution in [0.1, 0.15) is 43.0 Å². The van der Waals surface area contributed by atoms with Crippen molar-refractivity contribution in [1.82, 2.24) is 8.87 Å². The third kappa shape index (κ3) is 4.18. The van der Waals surface area contributed by atoms with Gasteiger partial charge in [-0.25, -0.2) is 8.42 Å². The molecule has 2 aliphatic heterocycles. The lowest BCUT2D eigenvalue weighted by molar-refractivity contribution is 0.0997. The molecule has 3 heterocycles. The van der Waals surface area contributed by atoms with E-state index in [-0.39, 0.29) is 11.7 Å². The quantitative estimate of drug-likeness (QED) is 0.559. The molecule has 1 fully saturated rings. The number of thiazole rings is 1. The number of aryl methyl sites for hydroxylation is 1. The number of sulfonamides is 1. The number of ether oxygens (including phenoxy) is 2. The minimum absolute atomic E-state index is 0.206. The van der Waals surface area contributed by atoms with Gasteiger partial charge in [0.25, 0.3) is 5.91 Å². The van der Waals surface area contributed by atoms with E-state index in [9.17, 15) is 13.2 Å². The summed E-state index contributed by atoms with van der Waals surface area (Å²) in [4.78, 5) is 18.0. The molecule has 1 aromatic heterocycles. The van der Waals surface area contributed by atoms with E-state index < -0.39 is 15.9 Å². The van der Waals surface area contributed by atoms with Crippen LogP contribution in [0.15, 0.2) is 46.3 Å². The molecule has 1 amide bonds. The van der Waals surface area contributed by atoms with Crippen LogP contribution in [-0.2, 0) is 16.6 Å². The van der Waals surface area contributed by atoms with Crippen LogP contribution in [0.5, 0.6) is 11.5 Å². The third-order valence-electron chi connectivity index (χ3n) is 5.99. The molecule has 0 N–H and O–H groups in total. The van der Waals surface area contributed by atoms with Gasteiger partial charge in [0.2, 0.25) is 16.8 Å². The molecule has 0 saturated carbocycles. The number of aromatic nitrogens is 1. The van der Waals surface area contributed by atoms with Crippen LogP contribution in [0.25, 0.3) is 10.2 Å². The van der Waals surface area contributed by atoms with Crippen LogP contribution in [0.4, 0.5) is 0 Å². The summed E-state index contributed by atoms with van der Waals surface area (Å²) in [5, 5.41) is 0. The first kappa shape index (κ1) is 22.1. The van der Waals surface area contributed by atoms with Gasteiger partial charge in [-0.05, 0) is 44.0 Å². The summed E-state index contributed by atoms with van der Waals surface area (Å²) in [6.07, 6.45) is 3.86. The molecular formula is C23H25N3O5S2. The Morgan fingerprint density at radius 1 is 1.03 bits per heavy atom. The molecule has 2 aromatic carbocycles. The second-order valence-electron chi connectivity index (χ2n) is 8.06. The number of fused-ring (bicyclic) bond motifs is 2. The second-order valence-corrected chi connectivity index (χ2v) is 11.0. The average Bonchev–Trinajstić information content (AvgIpc) is 3.28. The van der Waals surface area contributed by atoms with Gasteiger partial charge < -0.3 is 14.0 Å². The van der Waals surface area contributed by atoms with Crippen LogP contribution >= 0.6 is 11.3 Å². The predicted octanol–water partition coefficient (Wildman–Crippen LogP) is 3.76. The summed E-state index contributed by atoms with van der Waals surface area (Å²) in [7, 11) is -3.55. The van der Waals surface area contributed by atoms with E-state index in [4.69, 9.17) is 9.47 Å². The smallest absolute Gasteiger partial charge is 0.279 e. The van der Waals surface area contributed by atoms with E-state index in [1.807, 2.05) is 23.6 Å². The molecule has 0 bridgehead atoms. The maximum absolute atomic E-state index is 13.0. The van der Waals surface area contributed by atoms with E-state index in [1.165, 1.54) is 35.6 Å². The Hall–Kier alpha value is -2.69. The van der Waals surface area contributed by atoms with Crippen LogP contribution in [0.3, 0.4) is 0 Å². The summed E-state index contributed by atoms with van der Waals surface area (Å²) >= 11 is 1.40. The molecule has 5 rings (SSSR count). The van der Waals surface area contributed by atoms with Crippen LogP contribution in [0.2, 0.25) is 0 Å². The summed E-state index contributed by atoms with van der Waals surface area (Å²) < 4.78 is 41.3. The Morgan fingerprint density at radius 2 is 1.70 bits per heavy atom. The van der Waals surface area contributed by atoms with Gasteiger partial charge in [-0.15, -0.1) is 0 Å². The SMILES string of the molecule is CCn1c(=NC(=O)c2ccc(S(=O)(=O)N3CCCCCC3)cc2)sc2cc3c(cc21)OCO3. The number of rotatable bonds is 4. The van der Waals surface area contributed by atoms with Gasteiger partial charge in [0, 0.05) is 37.3 Å². The standard InChI is InChI=1S/C23H25N3O5S2/c1-2-26-18-13-19-20(31-15-30-19)14-21(18)32-23(26)24-22(27)16-7-9-17(10-8-16)33(28,29)25-11-5-3-4-6-12-25/h7-10,13-14H,2-6,11-12,15H2,1H3.